The smallest absolute Gasteiger partial charge is 0.257 e. The molecule has 2 rings (SSSR count). The first kappa shape index (κ1) is 16.3. The van der Waals surface area contributed by atoms with Crippen molar-refractivity contribution in [1.29, 1.82) is 0 Å². The number of aromatic nitrogens is 1. The van der Waals surface area contributed by atoms with Gasteiger partial charge in [-0.1, -0.05) is 0 Å². The Bertz CT molecular complexity index is 662. The van der Waals surface area contributed by atoms with Crippen molar-refractivity contribution in [3.8, 4) is 11.5 Å². The van der Waals surface area contributed by atoms with E-state index in [0.717, 1.165) is 4.47 Å². The van der Waals surface area contributed by atoms with Crippen LogP contribution in [0.3, 0.4) is 0 Å². The lowest BCUT2D eigenvalue weighted by Crippen LogP contribution is -2.12. The number of amides is 1. The van der Waals surface area contributed by atoms with Crippen molar-refractivity contribution >= 4 is 27.5 Å². The van der Waals surface area contributed by atoms with Crippen molar-refractivity contribution in [2.24, 2.45) is 0 Å². The number of nitrogens with one attached hydrogen (secondary N) is 1. The van der Waals surface area contributed by atoms with Gasteiger partial charge in [-0.15, -0.1) is 0 Å². The molecule has 0 aliphatic heterocycles. The van der Waals surface area contributed by atoms with Gasteiger partial charge in [0.05, 0.1) is 18.8 Å². The van der Waals surface area contributed by atoms with Gasteiger partial charge in [-0.25, -0.2) is 0 Å². The van der Waals surface area contributed by atoms with E-state index < -0.39 is 0 Å². The van der Waals surface area contributed by atoms with Crippen LogP contribution in [-0.2, 0) is 0 Å². The largest absolute Gasteiger partial charge is 0.490 e. The molecule has 1 N–H and O–H groups in total. The van der Waals surface area contributed by atoms with E-state index in [1.165, 1.54) is 6.20 Å². The van der Waals surface area contributed by atoms with E-state index in [-0.39, 0.29) is 5.91 Å². The molecule has 1 heterocycles. The lowest BCUT2D eigenvalue weighted by atomic mass is 10.2. The third kappa shape index (κ3) is 4.21. The van der Waals surface area contributed by atoms with E-state index >= 15 is 0 Å². The number of carbonyl (C=O) groups is 1. The Morgan fingerprint density at radius 1 is 1.14 bits per heavy atom. The molecule has 0 radical (unpaired) electrons. The zero-order chi connectivity index (χ0) is 15.9. The number of ether oxygens (including phenoxy) is 2. The molecule has 6 heteroatoms. The number of carbonyl (C=O) groups excluding carboxylic acids is 1. The summed E-state index contributed by atoms with van der Waals surface area (Å²) in [5.41, 5.74) is 1.11. The minimum absolute atomic E-state index is 0.236. The highest BCUT2D eigenvalue weighted by molar-refractivity contribution is 9.10. The number of nitrogens with zero attached hydrogens (tertiary/aromatic N) is 1. The summed E-state index contributed by atoms with van der Waals surface area (Å²) in [5.74, 6) is 1.03. The predicted molar refractivity (Wildman–Crippen MR) is 88.7 cm³/mol. The normalized spacial score (nSPS) is 10.1. The van der Waals surface area contributed by atoms with Crippen molar-refractivity contribution in [1.82, 2.24) is 4.98 Å². The van der Waals surface area contributed by atoms with E-state index in [2.05, 4.69) is 26.2 Å². The summed E-state index contributed by atoms with van der Waals surface area (Å²) in [6.45, 7) is 4.88. The Balaban J connectivity index is 2.18. The van der Waals surface area contributed by atoms with Crippen LogP contribution in [0.15, 0.2) is 41.1 Å². The Labute approximate surface area is 137 Å². The Kier molecular flexibility index (Phi) is 5.77. The van der Waals surface area contributed by atoms with Crippen molar-refractivity contribution in [3.05, 3.63) is 46.7 Å². The third-order valence-electron chi connectivity index (χ3n) is 2.77. The summed E-state index contributed by atoms with van der Waals surface area (Å²) in [4.78, 5) is 16.2. The standard InChI is InChI=1S/C16H17BrN2O3/c1-3-21-14-6-5-13(8-15(14)22-4-2)19-16(20)11-7-12(17)10-18-9-11/h5-10H,3-4H2,1-2H3,(H,19,20). The molecule has 116 valence electrons. The molecule has 22 heavy (non-hydrogen) atoms. The number of anilines is 1. The monoisotopic (exact) mass is 364 g/mol. The summed E-state index contributed by atoms with van der Waals surface area (Å²) < 4.78 is 11.8. The van der Waals surface area contributed by atoms with Gasteiger partial charge in [0.25, 0.3) is 5.91 Å². The number of hydrogen-bond donors (Lipinski definition) is 1. The third-order valence-corrected chi connectivity index (χ3v) is 3.20. The van der Waals surface area contributed by atoms with Gasteiger partial charge in [0.1, 0.15) is 0 Å². The highest BCUT2D eigenvalue weighted by Gasteiger charge is 2.10. The van der Waals surface area contributed by atoms with Crippen LogP contribution < -0.4 is 14.8 Å². The molecular weight excluding hydrogens is 348 g/mol. The fraction of sp³-hybridized carbons (Fsp3) is 0.250. The number of rotatable bonds is 6. The highest BCUT2D eigenvalue weighted by Crippen LogP contribution is 2.30. The van der Waals surface area contributed by atoms with E-state index in [0.29, 0.717) is 36.0 Å². The minimum atomic E-state index is -0.236. The van der Waals surface area contributed by atoms with Gasteiger partial charge in [-0.3, -0.25) is 9.78 Å². The average molecular weight is 365 g/mol. The first-order chi connectivity index (χ1) is 10.6. The summed E-state index contributed by atoms with van der Waals surface area (Å²) in [5, 5.41) is 2.82. The highest BCUT2D eigenvalue weighted by atomic mass is 79.9. The zero-order valence-electron chi connectivity index (χ0n) is 12.4. The van der Waals surface area contributed by atoms with Crippen LogP contribution in [-0.4, -0.2) is 24.1 Å². The second kappa shape index (κ2) is 7.79. The quantitative estimate of drug-likeness (QED) is 0.844. The molecule has 0 aliphatic carbocycles. The molecule has 5 nitrogen and oxygen atoms in total. The number of pyridine rings is 1. The van der Waals surface area contributed by atoms with Crippen LogP contribution in [0.25, 0.3) is 0 Å². The van der Waals surface area contributed by atoms with Gasteiger partial charge in [0.15, 0.2) is 11.5 Å². The van der Waals surface area contributed by atoms with Gasteiger partial charge in [0, 0.05) is 28.6 Å². The van der Waals surface area contributed by atoms with E-state index in [1.54, 1.807) is 30.5 Å². The lowest BCUT2D eigenvalue weighted by Gasteiger charge is -2.13. The first-order valence-corrected chi connectivity index (χ1v) is 7.75. The maximum atomic E-state index is 12.2. The molecule has 2 aromatic rings. The Hall–Kier alpha value is -2.08. The van der Waals surface area contributed by atoms with E-state index in [1.807, 2.05) is 13.8 Å². The predicted octanol–water partition coefficient (Wildman–Crippen LogP) is 3.89. The summed E-state index contributed by atoms with van der Waals surface area (Å²) >= 11 is 3.30. The van der Waals surface area contributed by atoms with Crippen LogP contribution in [0, 0.1) is 0 Å². The molecule has 0 atom stereocenters. The fourth-order valence-electron chi connectivity index (χ4n) is 1.87. The zero-order valence-corrected chi connectivity index (χ0v) is 14.0. The molecule has 0 fully saturated rings. The minimum Gasteiger partial charge on any atom is -0.490 e. The molecule has 0 saturated heterocycles. The second-order valence-corrected chi connectivity index (χ2v) is 5.29. The van der Waals surface area contributed by atoms with Crippen molar-refractivity contribution < 1.29 is 14.3 Å². The Morgan fingerprint density at radius 3 is 2.55 bits per heavy atom. The topological polar surface area (TPSA) is 60.5 Å². The van der Waals surface area contributed by atoms with Crippen LogP contribution in [0.5, 0.6) is 11.5 Å². The van der Waals surface area contributed by atoms with Crippen molar-refractivity contribution in [3.63, 3.8) is 0 Å². The lowest BCUT2D eigenvalue weighted by molar-refractivity contribution is 0.102. The molecule has 1 amide bonds. The second-order valence-electron chi connectivity index (χ2n) is 4.37. The van der Waals surface area contributed by atoms with Crippen molar-refractivity contribution in [2.75, 3.05) is 18.5 Å². The molecule has 1 aromatic carbocycles. The summed E-state index contributed by atoms with van der Waals surface area (Å²) in [6, 6.07) is 7.01. The van der Waals surface area contributed by atoms with Gasteiger partial charge in [-0.05, 0) is 48.0 Å². The van der Waals surface area contributed by atoms with E-state index in [9.17, 15) is 4.79 Å². The van der Waals surface area contributed by atoms with Gasteiger partial charge in [0.2, 0.25) is 0 Å². The van der Waals surface area contributed by atoms with Gasteiger partial charge >= 0.3 is 0 Å². The van der Waals surface area contributed by atoms with Crippen LogP contribution in [0.4, 0.5) is 5.69 Å². The number of benzene rings is 1. The summed E-state index contributed by atoms with van der Waals surface area (Å²) in [6.07, 6.45) is 3.14. The van der Waals surface area contributed by atoms with Crippen LogP contribution >= 0.6 is 15.9 Å². The molecule has 0 bridgehead atoms. The van der Waals surface area contributed by atoms with Crippen LogP contribution in [0.1, 0.15) is 24.2 Å². The molecule has 0 aliphatic rings. The van der Waals surface area contributed by atoms with Crippen LogP contribution in [0.2, 0.25) is 0 Å². The number of halogens is 1. The van der Waals surface area contributed by atoms with E-state index in [4.69, 9.17) is 9.47 Å². The summed E-state index contributed by atoms with van der Waals surface area (Å²) in [7, 11) is 0. The fourth-order valence-corrected chi connectivity index (χ4v) is 2.23. The SMILES string of the molecule is CCOc1ccc(NC(=O)c2cncc(Br)c2)cc1OCC. The van der Waals surface area contributed by atoms with Crippen molar-refractivity contribution in [2.45, 2.75) is 13.8 Å². The molecule has 0 spiro atoms. The number of hydrogen-bond acceptors (Lipinski definition) is 4. The molecule has 0 saturated carbocycles. The van der Waals surface area contributed by atoms with Gasteiger partial charge < -0.3 is 14.8 Å². The molecule has 0 unspecified atom stereocenters. The molecular formula is C16H17BrN2O3. The Morgan fingerprint density at radius 2 is 1.86 bits per heavy atom. The maximum absolute atomic E-state index is 12.2. The first-order valence-electron chi connectivity index (χ1n) is 6.95. The average Bonchev–Trinajstić information content (AvgIpc) is 2.50. The maximum Gasteiger partial charge on any atom is 0.257 e. The molecule has 1 aromatic heterocycles. The van der Waals surface area contributed by atoms with Gasteiger partial charge in [-0.2, -0.15) is 0 Å².